The van der Waals surface area contributed by atoms with Crippen LogP contribution in [0.5, 0.6) is 0 Å². The molecule has 0 spiro atoms. The minimum atomic E-state index is -0.0727. The van der Waals surface area contributed by atoms with Crippen LogP contribution in [-0.4, -0.2) is 47.0 Å². The summed E-state index contributed by atoms with van der Waals surface area (Å²) in [5, 5.41) is 3.17. The second-order valence-corrected chi connectivity index (χ2v) is 10.0. The van der Waals surface area contributed by atoms with Gasteiger partial charge >= 0.3 is 0 Å². The number of hydrogen-bond acceptors (Lipinski definition) is 6. The van der Waals surface area contributed by atoms with Gasteiger partial charge in [0.1, 0.15) is 0 Å². The topological polar surface area (TPSA) is 30.9 Å². The van der Waals surface area contributed by atoms with Crippen molar-refractivity contribution in [1.29, 1.82) is 0 Å². The third-order valence-corrected chi connectivity index (χ3v) is 6.10. The monoisotopic (exact) mass is 379 g/mol. The molecule has 1 fully saturated rings. The molecule has 1 heterocycles. The highest BCUT2D eigenvalue weighted by atomic mass is 32.2. The Balaban J connectivity index is 2.90. The molecule has 0 amide bonds. The van der Waals surface area contributed by atoms with Gasteiger partial charge in [-0.05, 0) is 56.2 Å². The van der Waals surface area contributed by atoms with Crippen LogP contribution in [0, 0.1) is 0 Å². The Morgan fingerprint density at radius 1 is 0.875 bits per heavy atom. The molecular weight excluding hydrogens is 342 g/mol. The first-order valence-electron chi connectivity index (χ1n) is 9.27. The number of nitrogens with zero attached hydrogens (tertiary/aromatic N) is 1. The molecule has 144 valence electrons. The van der Waals surface area contributed by atoms with Gasteiger partial charge < -0.3 is 13.2 Å². The fourth-order valence-corrected chi connectivity index (χ4v) is 4.63. The second-order valence-electron chi connectivity index (χ2n) is 7.30. The minimum absolute atomic E-state index is 0.0727. The normalized spacial score (nSPS) is 28.9. The summed E-state index contributed by atoms with van der Waals surface area (Å²) >= 11 is 3.13. The molecule has 1 saturated heterocycles. The summed E-state index contributed by atoms with van der Waals surface area (Å²) in [7, 11) is 1.80. The fraction of sp³-hybridized carbons (Fsp3) is 1.00. The molecule has 0 aromatic heterocycles. The lowest BCUT2D eigenvalue weighted by atomic mass is 9.76. The van der Waals surface area contributed by atoms with Gasteiger partial charge in [-0.2, -0.15) is 5.06 Å². The van der Waals surface area contributed by atoms with Crippen molar-refractivity contribution in [1.82, 2.24) is 5.06 Å². The van der Waals surface area contributed by atoms with Gasteiger partial charge in [-0.15, -0.1) is 0 Å². The Morgan fingerprint density at radius 2 is 1.29 bits per heavy atom. The Kier molecular flexibility index (Phi) is 10.0. The first-order chi connectivity index (χ1) is 11.4. The highest BCUT2D eigenvalue weighted by Gasteiger charge is 2.51. The molecule has 0 aromatic carbocycles. The molecule has 1 rings (SSSR count). The molecule has 0 aliphatic carbocycles. The zero-order chi connectivity index (χ0) is 18.2. The van der Waals surface area contributed by atoms with Crippen molar-refractivity contribution in [3.63, 3.8) is 0 Å². The maximum Gasteiger partial charge on any atom is 0.0821 e. The summed E-state index contributed by atoms with van der Waals surface area (Å²) < 4.78 is 12.0. The van der Waals surface area contributed by atoms with Crippen LogP contribution in [-0.2, 0) is 13.2 Å². The molecule has 24 heavy (non-hydrogen) atoms. The van der Waals surface area contributed by atoms with E-state index in [0.29, 0.717) is 23.7 Å². The van der Waals surface area contributed by atoms with Gasteiger partial charge in [0.25, 0.3) is 0 Å². The maximum atomic E-state index is 5.99. The van der Waals surface area contributed by atoms with Gasteiger partial charge in [-0.1, -0.05) is 41.5 Å². The molecule has 2 atom stereocenters. The Bertz CT molecular complexity index is 327. The lowest BCUT2D eigenvalue weighted by Gasteiger charge is -2.55. The van der Waals surface area contributed by atoms with E-state index in [9.17, 15) is 0 Å². The van der Waals surface area contributed by atoms with Crippen LogP contribution in [0.25, 0.3) is 0 Å². The van der Waals surface area contributed by atoms with E-state index in [1.54, 1.807) is 31.2 Å². The fourth-order valence-electron chi connectivity index (χ4n) is 3.51. The number of hydroxylamine groups is 2. The SMILES string of the molecule is CCC1(COSC(C)C)CCCC(CC)(COSC(C)C)N1OC. The quantitative estimate of drug-likeness (QED) is 0.442. The van der Waals surface area contributed by atoms with Crippen LogP contribution in [0.4, 0.5) is 0 Å². The van der Waals surface area contributed by atoms with Crippen molar-refractivity contribution in [3.05, 3.63) is 0 Å². The lowest BCUT2D eigenvalue weighted by Crippen LogP contribution is -2.66. The van der Waals surface area contributed by atoms with Crippen molar-refractivity contribution in [2.75, 3.05) is 20.3 Å². The molecule has 0 bridgehead atoms. The summed E-state index contributed by atoms with van der Waals surface area (Å²) in [5.74, 6) is 0. The van der Waals surface area contributed by atoms with E-state index in [1.807, 2.05) is 0 Å². The van der Waals surface area contributed by atoms with Crippen molar-refractivity contribution in [3.8, 4) is 0 Å². The summed E-state index contributed by atoms with van der Waals surface area (Å²) in [5.41, 5.74) is -0.145. The second kappa shape index (κ2) is 10.6. The zero-order valence-electron chi connectivity index (χ0n) is 16.6. The molecule has 4 nitrogen and oxygen atoms in total. The molecule has 1 aliphatic rings. The van der Waals surface area contributed by atoms with E-state index in [2.05, 4.69) is 46.6 Å². The third kappa shape index (κ3) is 5.78. The van der Waals surface area contributed by atoms with Gasteiger partial charge in [0.15, 0.2) is 0 Å². The number of hydrogen-bond donors (Lipinski definition) is 0. The highest BCUT2D eigenvalue weighted by Crippen LogP contribution is 2.44. The average Bonchev–Trinajstić information content (AvgIpc) is 2.54. The summed E-state index contributed by atoms with van der Waals surface area (Å²) in [4.78, 5) is 5.97. The van der Waals surface area contributed by atoms with Crippen LogP contribution in [0.1, 0.15) is 73.6 Å². The Morgan fingerprint density at radius 3 is 1.58 bits per heavy atom. The van der Waals surface area contributed by atoms with Crippen molar-refractivity contribution in [2.45, 2.75) is 95.2 Å². The average molecular weight is 380 g/mol. The van der Waals surface area contributed by atoms with E-state index in [-0.39, 0.29) is 11.1 Å². The molecule has 2 unspecified atom stereocenters. The molecule has 0 saturated carbocycles. The lowest BCUT2D eigenvalue weighted by molar-refractivity contribution is -0.294. The van der Waals surface area contributed by atoms with Crippen molar-refractivity contribution >= 4 is 24.1 Å². The third-order valence-electron chi connectivity index (χ3n) is 4.82. The van der Waals surface area contributed by atoms with Crippen molar-refractivity contribution < 1.29 is 13.2 Å². The van der Waals surface area contributed by atoms with Crippen molar-refractivity contribution in [2.24, 2.45) is 0 Å². The van der Waals surface area contributed by atoms with Gasteiger partial charge in [-0.3, -0.25) is 0 Å². The zero-order valence-corrected chi connectivity index (χ0v) is 18.2. The molecular formula is C18H37NO3S2. The standard InChI is InChI=1S/C18H37NO3S2/c1-8-17(13-21-23-15(3)4)11-10-12-18(9-2,19(17)20-7)14-22-24-16(5)6/h15-16H,8-14H2,1-7H3. The highest BCUT2D eigenvalue weighted by molar-refractivity contribution is 7.95. The molecule has 0 N–H and O–H groups in total. The number of piperidine rings is 1. The Hall–Kier alpha value is 0.540. The largest absolute Gasteiger partial charge is 0.313 e. The van der Waals surface area contributed by atoms with Gasteiger partial charge in [0.2, 0.25) is 0 Å². The van der Waals surface area contributed by atoms with Crippen LogP contribution >= 0.6 is 24.1 Å². The summed E-state index contributed by atoms with van der Waals surface area (Å²) in [6.07, 6.45) is 5.42. The van der Waals surface area contributed by atoms with Crippen LogP contribution in [0.15, 0.2) is 0 Å². The van der Waals surface area contributed by atoms with E-state index in [0.717, 1.165) is 25.7 Å². The van der Waals surface area contributed by atoms with Gasteiger partial charge in [0, 0.05) is 10.5 Å². The van der Waals surface area contributed by atoms with Crippen LogP contribution in [0.3, 0.4) is 0 Å². The first kappa shape index (κ1) is 22.6. The minimum Gasteiger partial charge on any atom is -0.313 e. The van der Waals surface area contributed by atoms with Gasteiger partial charge in [-0.25, -0.2) is 0 Å². The van der Waals surface area contributed by atoms with E-state index >= 15 is 0 Å². The predicted molar refractivity (Wildman–Crippen MR) is 106 cm³/mol. The smallest absolute Gasteiger partial charge is 0.0821 e. The Labute approximate surface area is 158 Å². The molecule has 0 aromatic rings. The van der Waals surface area contributed by atoms with E-state index in [1.165, 1.54) is 6.42 Å². The summed E-state index contributed by atoms with van der Waals surface area (Å²) in [6, 6.07) is 0. The predicted octanol–water partition coefficient (Wildman–Crippen LogP) is 5.48. The van der Waals surface area contributed by atoms with E-state index < -0.39 is 0 Å². The maximum absolute atomic E-state index is 5.99. The number of rotatable bonds is 11. The van der Waals surface area contributed by atoms with E-state index in [4.69, 9.17) is 13.2 Å². The first-order valence-corrected chi connectivity index (χ1v) is 10.9. The molecule has 1 aliphatic heterocycles. The van der Waals surface area contributed by atoms with Crippen LogP contribution in [0.2, 0.25) is 0 Å². The molecule has 6 heteroatoms. The molecule has 0 radical (unpaired) electrons. The van der Waals surface area contributed by atoms with Crippen LogP contribution < -0.4 is 0 Å². The summed E-state index contributed by atoms with van der Waals surface area (Å²) in [6.45, 7) is 14.5. The van der Waals surface area contributed by atoms with Gasteiger partial charge in [0.05, 0.1) is 31.4 Å².